The van der Waals surface area contributed by atoms with Gasteiger partial charge in [0.2, 0.25) is 0 Å². The van der Waals surface area contributed by atoms with Crippen LogP contribution in [0.2, 0.25) is 0 Å². The number of phenolic OH excluding ortho intramolecular Hbond substituents is 1. The number of benzene rings is 1. The van der Waals surface area contributed by atoms with Crippen LogP contribution in [0.3, 0.4) is 0 Å². The summed E-state index contributed by atoms with van der Waals surface area (Å²) in [5.41, 5.74) is -0.0295. The van der Waals surface area contributed by atoms with Crippen molar-refractivity contribution in [3.63, 3.8) is 0 Å². The van der Waals surface area contributed by atoms with Gasteiger partial charge in [0, 0.05) is 19.2 Å². The average molecular weight is 237 g/mol. The van der Waals surface area contributed by atoms with E-state index in [1.54, 1.807) is 6.08 Å². The van der Waals surface area contributed by atoms with E-state index < -0.39 is 5.82 Å². The second-order valence-corrected chi connectivity index (χ2v) is 3.70. The fraction of sp³-hybridized carbons (Fsp3) is 0.308. The third-order valence-electron chi connectivity index (χ3n) is 2.31. The third-order valence-corrected chi connectivity index (χ3v) is 2.31. The third kappa shape index (κ3) is 3.31. The fourth-order valence-electron chi connectivity index (χ4n) is 1.55. The lowest BCUT2D eigenvalue weighted by Crippen LogP contribution is -2.32. The summed E-state index contributed by atoms with van der Waals surface area (Å²) >= 11 is 0. The average Bonchev–Trinajstić information content (AvgIpc) is 2.28. The number of carbonyl (C=O) groups excluding carboxylic acids is 1. The van der Waals surface area contributed by atoms with E-state index in [1.165, 1.54) is 17.0 Å². The summed E-state index contributed by atoms with van der Waals surface area (Å²) in [6.07, 6.45) is 2.39. The smallest absolute Gasteiger partial charge is 0.257 e. The van der Waals surface area contributed by atoms with E-state index in [1.807, 2.05) is 6.92 Å². The number of aromatic hydroxyl groups is 1. The molecule has 1 N–H and O–H groups in total. The first kappa shape index (κ1) is 13.2. The van der Waals surface area contributed by atoms with Crippen molar-refractivity contribution in [1.82, 2.24) is 4.90 Å². The molecule has 0 aliphatic rings. The minimum absolute atomic E-state index is 0.0295. The van der Waals surface area contributed by atoms with Gasteiger partial charge in [-0.25, -0.2) is 4.39 Å². The first-order valence-electron chi connectivity index (χ1n) is 5.48. The normalized spacial score (nSPS) is 10.0. The molecule has 0 saturated heterocycles. The minimum Gasteiger partial charge on any atom is -0.508 e. The molecule has 0 heterocycles. The molecule has 0 fully saturated rings. The Bertz CT molecular complexity index is 418. The van der Waals surface area contributed by atoms with Gasteiger partial charge < -0.3 is 10.0 Å². The van der Waals surface area contributed by atoms with E-state index in [9.17, 15) is 9.18 Å². The Morgan fingerprint density at radius 2 is 2.29 bits per heavy atom. The molecular formula is C13H16FNO2. The van der Waals surface area contributed by atoms with Crippen LogP contribution in [-0.2, 0) is 0 Å². The van der Waals surface area contributed by atoms with Crippen molar-refractivity contribution in [2.45, 2.75) is 13.3 Å². The maximum Gasteiger partial charge on any atom is 0.257 e. The van der Waals surface area contributed by atoms with Gasteiger partial charge in [-0.2, -0.15) is 0 Å². The maximum absolute atomic E-state index is 13.5. The van der Waals surface area contributed by atoms with Gasteiger partial charge in [0.1, 0.15) is 11.6 Å². The highest BCUT2D eigenvalue weighted by molar-refractivity contribution is 5.94. The van der Waals surface area contributed by atoms with Crippen molar-refractivity contribution >= 4 is 5.91 Å². The highest BCUT2D eigenvalue weighted by atomic mass is 19.1. The molecule has 1 aromatic rings. The topological polar surface area (TPSA) is 40.5 Å². The Labute approximate surface area is 100 Å². The zero-order valence-electron chi connectivity index (χ0n) is 9.82. The Morgan fingerprint density at radius 1 is 1.59 bits per heavy atom. The number of rotatable bonds is 5. The lowest BCUT2D eigenvalue weighted by molar-refractivity contribution is 0.0769. The van der Waals surface area contributed by atoms with Crippen LogP contribution < -0.4 is 0 Å². The minimum atomic E-state index is -0.708. The van der Waals surface area contributed by atoms with Crippen molar-refractivity contribution < 1.29 is 14.3 Å². The molecule has 92 valence electrons. The predicted octanol–water partition coefficient (Wildman–Crippen LogP) is 2.57. The number of phenols is 1. The second-order valence-electron chi connectivity index (χ2n) is 3.70. The number of carbonyl (C=O) groups is 1. The largest absolute Gasteiger partial charge is 0.508 e. The SMILES string of the molecule is C=CCN(CCC)C(=O)c1ccc(O)cc1F. The summed E-state index contributed by atoms with van der Waals surface area (Å²) in [4.78, 5) is 13.5. The Hall–Kier alpha value is -1.84. The van der Waals surface area contributed by atoms with Crippen LogP contribution in [0.25, 0.3) is 0 Å². The number of hydrogen-bond donors (Lipinski definition) is 1. The molecule has 0 spiro atoms. The summed E-state index contributed by atoms with van der Waals surface area (Å²) in [6, 6.07) is 3.53. The molecule has 3 nitrogen and oxygen atoms in total. The van der Waals surface area contributed by atoms with Crippen molar-refractivity contribution in [3.8, 4) is 5.75 Å². The first-order valence-corrected chi connectivity index (χ1v) is 5.48. The molecule has 4 heteroatoms. The van der Waals surface area contributed by atoms with Gasteiger partial charge in [-0.05, 0) is 18.6 Å². The quantitative estimate of drug-likeness (QED) is 0.799. The van der Waals surface area contributed by atoms with Crippen LogP contribution in [0.5, 0.6) is 5.75 Å². The van der Waals surface area contributed by atoms with Crippen molar-refractivity contribution in [1.29, 1.82) is 0 Å². The van der Waals surface area contributed by atoms with Crippen LogP contribution in [0.4, 0.5) is 4.39 Å². The van der Waals surface area contributed by atoms with Crippen LogP contribution in [0.15, 0.2) is 30.9 Å². The van der Waals surface area contributed by atoms with E-state index >= 15 is 0 Å². The number of nitrogens with zero attached hydrogens (tertiary/aromatic N) is 1. The van der Waals surface area contributed by atoms with E-state index in [0.717, 1.165) is 12.5 Å². The number of hydrogen-bond acceptors (Lipinski definition) is 2. The molecule has 0 saturated carbocycles. The summed E-state index contributed by atoms with van der Waals surface area (Å²) in [5, 5.41) is 9.08. The lowest BCUT2D eigenvalue weighted by Gasteiger charge is -2.20. The Kier molecular flexibility index (Phi) is 4.69. The maximum atomic E-state index is 13.5. The van der Waals surface area contributed by atoms with Crippen molar-refractivity contribution in [2.24, 2.45) is 0 Å². The fourth-order valence-corrected chi connectivity index (χ4v) is 1.55. The molecule has 1 amide bonds. The Balaban J connectivity index is 2.96. The van der Waals surface area contributed by atoms with Crippen LogP contribution >= 0.6 is 0 Å². The molecule has 0 unspecified atom stereocenters. The van der Waals surface area contributed by atoms with Gasteiger partial charge in [0.15, 0.2) is 0 Å². The summed E-state index contributed by atoms with van der Waals surface area (Å²) in [7, 11) is 0. The molecule has 0 atom stereocenters. The number of amides is 1. The highest BCUT2D eigenvalue weighted by Gasteiger charge is 2.17. The molecule has 0 radical (unpaired) electrons. The first-order chi connectivity index (χ1) is 8.10. The molecular weight excluding hydrogens is 221 g/mol. The molecule has 17 heavy (non-hydrogen) atoms. The van der Waals surface area contributed by atoms with E-state index in [-0.39, 0.29) is 17.2 Å². The molecule has 0 bridgehead atoms. The number of halogens is 1. The van der Waals surface area contributed by atoms with Gasteiger partial charge in [-0.1, -0.05) is 13.0 Å². The summed E-state index contributed by atoms with van der Waals surface area (Å²) in [5.74, 6) is -1.28. The Morgan fingerprint density at radius 3 is 2.82 bits per heavy atom. The molecule has 1 aromatic carbocycles. The van der Waals surface area contributed by atoms with Gasteiger partial charge >= 0.3 is 0 Å². The van der Waals surface area contributed by atoms with Crippen LogP contribution in [0.1, 0.15) is 23.7 Å². The predicted molar refractivity (Wildman–Crippen MR) is 64.5 cm³/mol. The summed E-state index contributed by atoms with van der Waals surface area (Å²) in [6.45, 7) is 6.44. The molecule has 0 aliphatic carbocycles. The second kappa shape index (κ2) is 6.03. The zero-order valence-corrected chi connectivity index (χ0v) is 9.82. The van der Waals surface area contributed by atoms with Crippen LogP contribution in [0, 0.1) is 5.82 Å². The lowest BCUT2D eigenvalue weighted by atomic mass is 10.1. The van der Waals surface area contributed by atoms with Crippen molar-refractivity contribution in [3.05, 3.63) is 42.2 Å². The molecule has 0 aliphatic heterocycles. The van der Waals surface area contributed by atoms with Crippen LogP contribution in [-0.4, -0.2) is 29.0 Å². The van der Waals surface area contributed by atoms with Crippen molar-refractivity contribution in [2.75, 3.05) is 13.1 Å². The van der Waals surface area contributed by atoms with Gasteiger partial charge in [0.05, 0.1) is 5.56 Å². The van der Waals surface area contributed by atoms with Gasteiger partial charge in [-0.3, -0.25) is 4.79 Å². The summed E-state index contributed by atoms with van der Waals surface area (Å²) < 4.78 is 13.5. The van der Waals surface area contributed by atoms with Gasteiger partial charge in [0.25, 0.3) is 5.91 Å². The highest BCUT2D eigenvalue weighted by Crippen LogP contribution is 2.16. The van der Waals surface area contributed by atoms with Gasteiger partial charge in [-0.15, -0.1) is 6.58 Å². The van der Waals surface area contributed by atoms with E-state index in [4.69, 9.17) is 5.11 Å². The molecule has 0 aromatic heterocycles. The van der Waals surface area contributed by atoms with E-state index in [2.05, 4.69) is 6.58 Å². The molecule has 1 rings (SSSR count). The zero-order chi connectivity index (χ0) is 12.8. The monoisotopic (exact) mass is 237 g/mol. The van der Waals surface area contributed by atoms with E-state index in [0.29, 0.717) is 13.1 Å². The standard InChI is InChI=1S/C13H16FNO2/c1-3-7-15(8-4-2)13(17)11-6-5-10(16)9-12(11)14/h3,5-6,9,16H,1,4,7-8H2,2H3.